The van der Waals surface area contributed by atoms with E-state index in [-0.39, 0.29) is 5.75 Å². The van der Waals surface area contributed by atoms with Crippen molar-refractivity contribution in [2.75, 3.05) is 25.1 Å². The molecule has 0 spiro atoms. The molecule has 0 aromatic carbocycles. The zero-order valence-electron chi connectivity index (χ0n) is 13.1. The third-order valence-electron chi connectivity index (χ3n) is 2.77. The maximum absolute atomic E-state index is 11.1. The summed E-state index contributed by atoms with van der Waals surface area (Å²) in [4.78, 5) is 10.1. The molecule has 0 unspecified atom stereocenters. The molecule has 0 atom stereocenters. The summed E-state index contributed by atoms with van der Waals surface area (Å²) in [5, 5.41) is 7.26. The summed E-state index contributed by atoms with van der Waals surface area (Å²) in [7, 11) is -2.90. The van der Waals surface area contributed by atoms with Crippen LogP contribution in [0.5, 0.6) is 0 Å². The first-order chi connectivity index (χ1) is 9.81. The summed E-state index contributed by atoms with van der Waals surface area (Å²) in [6.45, 7) is 7.90. The van der Waals surface area contributed by atoms with Crippen molar-refractivity contribution in [2.24, 2.45) is 4.99 Å². The first-order valence-corrected chi connectivity index (χ1v) is 9.82. The average molecular weight is 332 g/mol. The molecule has 0 saturated heterocycles. The number of sulfone groups is 1. The van der Waals surface area contributed by atoms with Gasteiger partial charge < -0.3 is 10.6 Å². The number of thiazole rings is 1. The Labute approximate surface area is 131 Å². The van der Waals surface area contributed by atoms with Gasteiger partial charge in [-0.3, -0.25) is 0 Å². The highest BCUT2D eigenvalue weighted by Crippen LogP contribution is 2.16. The molecule has 0 saturated carbocycles. The average Bonchev–Trinajstić information content (AvgIpc) is 2.70. The minimum absolute atomic E-state index is 0.185. The lowest BCUT2D eigenvalue weighted by Gasteiger charge is -2.10. The predicted octanol–water partition coefficient (Wildman–Crippen LogP) is 1.25. The Morgan fingerprint density at radius 1 is 1.33 bits per heavy atom. The number of aliphatic imine (C=N–C) groups is 1. The first-order valence-electron chi connectivity index (χ1n) is 6.94. The molecule has 0 radical (unpaired) electrons. The summed E-state index contributed by atoms with van der Waals surface area (Å²) in [6.07, 6.45) is 1.82. The smallest absolute Gasteiger partial charge is 0.191 e. The highest BCUT2D eigenvalue weighted by Gasteiger charge is 2.05. The summed E-state index contributed by atoms with van der Waals surface area (Å²) >= 11 is 1.65. The normalized spacial score (nSPS) is 12.5. The Morgan fingerprint density at radius 3 is 2.57 bits per heavy atom. The molecule has 1 aromatic rings. The molecule has 120 valence electrons. The molecule has 21 heavy (non-hydrogen) atoms. The second-order valence-corrected chi connectivity index (χ2v) is 8.40. The number of nitrogens with one attached hydrogen (secondary N) is 2. The fourth-order valence-electron chi connectivity index (χ4n) is 1.64. The molecule has 0 bridgehead atoms. The number of guanidine groups is 1. The zero-order chi connectivity index (χ0) is 15.9. The quantitative estimate of drug-likeness (QED) is 0.446. The van der Waals surface area contributed by atoms with Gasteiger partial charge in [0, 0.05) is 24.2 Å². The van der Waals surface area contributed by atoms with Crippen LogP contribution in [0.15, 0.2) is 4.99 Å². The number of hydrogen-bond acceptors (Lipinski definition) is 5. The van der Waals surface area contributed by atoms with Crippen LogP contribution in [0.2, 0.25) is 0 Å². The molecule has 0 aliphatic heterocycles. The van der Waals surface area contributed by atoms with Gasteiger partial charge in [0.15, 0.2) is 5.96 Å². The van der Waals surface area contributed by atoms with E-state index in [0.717, 1.165) is 17.2 Å². The van der Waals surface area contributed by atoms with Crippen molar-refractivity contribution in [3.8, 4) is 0 Å². The van der Waals surface area contributed by atoms with Gasteiger partial charge in [0.05, 0.1) is 18.0 Å². The number of hydrogen-bond donors (Lipinski definition) is 2. The number of nitrogens with zero attached hydrogens (tertiary/aromatic N) is 2. The lowest BCUT2D eigenvalue weighted by molar-refractivity contribution is 0.598. The maximum Gasteiger partial charge on any atom is 0.191 e. The highest BCUT2D eigenvalue weighted by atomic mass is 32.2. The van der Waals surface area contributed by atoms with Crippen LogP contribution in [-0.2, 0) is 16.4 Å². The van der Waals surface area contributed by atoms with E-state index in [9.17, 15) is 8.42 Å². The van der Waals surface area contributed by atoms with Crippen LogP contribution in [0.1, 0.15) is 28.9 Å². The lowest BCUT2D eigenvalue weighted by atomic mass is 10.4. The van der Waals surface area contributed by atoms with Gasteiger partial charge in [0.25, 0.3) is 0 Å². The Hall–Kier alpha value is -1.15. The van der Waals surface area contributed by atoms with Gasteiger partial charge in [0.1, 0.15) is 14.8 Å². The second kappa shape index (κ2) is 8.33. The van der Waals surface area contributed by atoms with Gasteiger partial charge in [-0.05, 0) is 27.2 Å². The fourth-order valence-corrected chi connectivity index (χ4v) is 3.16. The van der Waals surface area contributed by atoms with Gasteiger partial charge in [-0.2, -0.15) is 0 Å². The molecule has 6 nitrogen and oxygen atoms in total. The number of rotatable bonds is 7. The van der Waals surface area contributed by atoms with E-state index in [1.807, 2.05) is 13.8 Å². The van der Waals surface area contributed by atoms with E-state index >= 15 is 0 Å². The van der Waals surface area contributed by atoms with Gasteiger partial charge in [-0.25, -0.2) is 18.4 Å². The zero-order valence-corrected chi connectivity index (χ0v) is 14.7. The third-order valence-corrected chi connectivity index (χ3v) is 4.86. The fraction of sp³-hybridized carbons (Fsp3) is 0.692. The monoisotopic (exact) mass is 332 g/mol. The first kappa shape index (κ1) is 17.9. The molecular weight excluding hydrogens is 308 g/mol. The molecule has 0 amide bonds. The predicted molar refractivity (Wildman–Crippen MR) is 88.7 cm³/mol. The van der Waals surface area contributed by atoms with Crippen LogP contribution in [0, 0.1) is 13.8 Å². The van der Waals surface area contributed by atoms with E-state index in [0.29, 0.717) is 25.5 Å². The van der Waals surface area contributed by atoms with Crippen molar-refractivity contribution in [2.45, 2.75) is 33.7 Å². The molecule has 1 aromatic heterocycles. The highest BCUT2D eigenvalue weighted by molar-refractivity contribution is 7.90. The van der Waals surface area contributed by atoms with E-state index in [1.54, 1.807) is 11.3 Å². The maximum atomic E-state index is 11.1. The molecule has 0 aliphatic carbocycles. The van der Waals surface area contributed by atoms with Crippen molar-refractivity contribution in [1.29, 1.82) is 0 Å². The van der Waals surface area contributed by atoms with Crippen LogP contribution in [-0.4, -0.2) is 44.5 Å². The van der Waals surface area contributed by atoms with E-state index in [2.05, 4.69) is 27.5 Å². The van der Waals surface area contributed by atoms with E-state index in [1.165, 1.54) is 11.1 Å². The molecule has 0 aliphatic rings. The molecule has 1 heterocycles. The van der Waals surface area contributed by atoms with Gasteiger partial charge in [-0.15, -0.1) is 11.3 Å². The molecular formula is C13H24N4O2S2. The SMILES string of the molecule is CCNC(=NCc1nc(C)c(C)s1)NCCCS(C)(=O)=O. The Morgan fingerprint density at radius 2 is 2.05 bits per heavy atom. The summed E-state index contributed by atoms with van der Waals surface area (Å²) in [5.74, 6) is 0.876. The van der Waals surface area contributed by atoms with E-state index in [4.69, 9.17) is 0 Å². The van der Waals surface area contributed by atoms with Gasteiger partial charge in [0.2, 0.25) is 0 Å². The van der Waals surface area contributed by atoms with Crippen LogP contribution in [0.4, 0.5) is 0 Å². The lowest BCUT2D eigenvalue weighted by Crippen LogP contribution is -2.38. The van der Waals surface area contributed by atoms with Crippen molar-refractivity contribution in [1.82, 2.24) is 15.6 Å². The topological polar surface area (TPSA) is 83.4 Å². The molecule has 8 heteroatoms. The van der Waals surface area contributed by atoms with Crippen LogP contribution in [0.3, 0.4) is 0 Å². The summed E-state index contributed by atoms with van der Waals surface area (Å²) in [6, 6.07) is 0. The number of aryl methyl sites for hydroxylation is 2. The summed E-state index contributed by atoms with van der Waals surface area (Å²) in [5.41, 5.74) is 1.05. The summed E-state index contributed by atoms with van der Waals surface area (Å²) < 4.78 is 22.1. The molecule has 0 fully saturated rings. The Bertz CT molecular complexity index is 559. The van der Waals surface area contributed by atoms with E-state index < -0.39 is 9.84 Å². The number of aromatic nitrogens is 1. The minimum Gasteiger partial charge on any atom is -0.357 e. The minimum atomic E-state index is -2.90. The van der Waals surface area contributed by atoms with Gasteiger partial charge >= 0.3 is 0 Å². The third kappa shape index (κ3) is 7.42. The molecule has 2 N–H and O–H groups in total. The largest absolute Gasteiger partial charge is 0.357 e. The van der Waals surface area contributed by atoms with Crippen molar-refractivity contribution < 1.29 is 8.42 Å². The Kier molecular flexibility index (Phi) is 7.10. The standard InChI is InChI=1S/C13H24N4O2S2/c1-5-14-13(15-7-6-8-21(4,18)19)16-9-12-17-10(2)11(3)20-12/h5-9H2,1-4H3,(H2,14,15,16). The second-order valence-electron chi connectivity index (χ2n) is 4.85. The Balaban J connectivity index is 2.49. The van der Waals surface area contributed by atoms with Crippen molar-refractivity contribution in [3.63, 3.8) is 0 Å². The van der Waals surface area contributed by atoms with Crippen molar-refractivity contribution in [3.05, 3.63) is 15.6 Å². The van der Waals surface area contributed by atoms with Crippen molar-refractivity contribution >= 4 is 27.1 Å². The molecule has 1 rings (SSSR count). The van der Waals surface area contributed by atoms with Crippen LogP contribution < -0.4 is 10.6 Å². The van der Waals surface area contributed by atoms with Crippen LogP contribution in [0.25, 0.3) is 0 Å². The van der Waals surface area contributed by atoms with Crippen LogP contribution >= 0.6 is 11.3 Å². The van der Waals surface area contributed by atoms with Gasteiger partial charge in [-0.1, -0.05) is 0 Å².